The predicted molar refractivity (Wildman–Crippen MR) is 85.7 cm³/mol. The van der Waals surface area contributed by atoms with E-state index in [-0.39, 0.29) is 5.82 Å². The molecule has 0 spiro atoms. The van der Waals surface area contributed by atoms with Gasteiger partial charge in [0.2, 0.25) is 0 Å². The van der Waals surface area contributed by atoms with E-state index in [0.29, 0.717) is 11.3 Å². The third-order valence-corrected chi connectivity index (χ3v) is 5.32. The Bertz CT molecular complexity index is 433. The Balaban J connectivity index is 2.05. The van der Waals surface area contributed by atoms with Crippen LogP contribution in [-0.4, -0.2) is 11.3 Å². The lowest BCUT2D eigenvalue weighted by molar-refractivity contribution is 0.394. The Kier molecular flexibility index (Phi) is 5.91. The van der Waals surface area contributed by atoms with Gasteiger partial charge >= 0.3 is 0 Å². The van der Waals surface area contributed by atoms with Gasteiger partial charge in [-0.1, -0.05) is 33.6 Å². The molecule has 20 heavy (non-hydrogen) atoms. The lowest BCUT2D eigenvalue weighted by Gasteiger charge is -2.27. The van der Waals surface area contributed by atoms with E-state index in [1.54, 1.807) is 12.1 Å². The molecule has 0 aromatic heterocycles. The molecule has 1 saturated carbocycles. The van der Waals surface area contributed by atoms with Gasteiger partial charge in [-0.25, -0.2) is 4.39 Å². The molecule has 0 radical (unpaired) electrons. The maximum atomic E-state index is 13.5. The summed E-state index contributed by atoms with van der Waals surface area (Å²) in [6.45, 7) is 7.34. The molecule has 1 N–H and O–H groups in total. The first-order valence-corrected chi connectivity index (χ1v) is 8.61. The van der Waals surface area contributed by atoms with Gasteiger partial charge in [0.1, 0.15) is 5.82 Å². The zero-order chi connectivity index (χ0) is 14.5. The van der Waals surface area contributed by atoms with Crippen LogP contribution in [0.25, 0.3) is 0 Å². The van der Waals surface area contributed by atoms with E-state index in [1.807, 2.05) is 17.8 Å². The Labute approximate surface area is 126 Å². The summed E-state index contributed by atoms with van der Waals surface area (Å²) >= 11 is 1.95. The lowest BCUT2D eigenvalue weighted by Crippen LogP contribution is -2.22. The van der Waals surface area contributed by atoms with Crippen LogP contribution in [0.1, 0.15) is 52.0 Å². The standard InChI is InChI=1S/C17H26FNS/c1-12(2)19-11-14-10-15(18)7-8-17(14)20-16-6-4-5-13(3)9-16/h7-8,10,12-13,16,19H,4-6,9,11H2,1-3H3. The smallest absolute Gasteiger partial charge is 0.123 e. The third-order valence-electron chi connectivity index (χ3n) is 3.91. The summed E-state index contributed by atoms with van der Waals surface area (Å²) in [6.07, 6.45) is 5.28. The first kappa shape index (κ1) is 15.8. The second-order valence-corrected chi connectivity index (χ2v) is 7.64. The Morgan fingerprint density at radius 3 is 2.85 bits per heavy atom. The zero-order valence-corrected chi connectivity index (χ0v) is 13.6. The number of halogens is 1. The summed E-state index contributed by atoms with van der Waals surface area (Å²) in [6, 6.07) is 5.65. The molecule has 0 amide bonds. The van der Waals surface area contributed by atoms with Crippen LogP contribution in [0.4, 0.5) is 4.39 Å². The molecular formula is C17H26FNS. The molecule has 1 fully saturated rings. The Morgan fingerprint density at radius 2 is 2.15 bits per heavy atom. The molecule has 1 aliphatic rings. The molecule has 112 valence electrons. The highest BCUT2D eigenvalue weighted by atomic mass is 32.2. The van der Waals surface area contributed by atoms with Gasteiger partial charge in [-0.15, -0.1) is 11.8 Å². The first-order chi connectivity index (χ1) is 9.54. The van der Waals surface area contributed by atoms with Gasteiger partial charge in [-0.2, -0.15) is 0 Å². The molecule has 0 bridgehead atoms. The molecule has 2 unspecified atom stereocenters. The summed E-state index contributed by atoms with van der Waals surface area (Å²) < 4.78 is 13.5. The van der Waals surface area contributed by atoms with Crippen molar-refractivity contribution in [1.82, 2.24) is 5.32 Å². The minimum absolute atomic E-state index is 0.132. The number of hydrogen-bond donors (Lipinski definition) is 1. The highest BCUT2D eigenvalue weighted by molar-refractivity contribution is 8.00. The minimum atomic E-state index is -0.132. The van der Waals surface area contributed by atoms with E-state index in [9.17, 15) is 4.39 Å². The monoisotopic (exact) mass is 295 g/mol. The number of benzene rings is 1. The number of thioether (sulfide) groups is 1. The van der Waals surface area contributed by atoms with Crippen molar-refractivity contribution in [2.24, 2.45) is 5.92 Å². The number of rotatable bonds is 5. The van der Waals surface area contributed by atoms with Gasteiger partial charge in [-0.05, 0) is 42.5 Å². The summed E-state index contributed by atoms with van der Waals surface area (Å²) in [4.78, 5) is 1.25. The van der Waals surface area contributed by atoms with Crippen molar-refractivity contribution in [3.05, 3.63) is 29.6 Å². The second kappa shape index (κ2) is 7.46. The molecule has 0 heterocycles. The highest BCUT2D eigenvalue weighted by Crippen LogP contribution is 2.37. The van der Waals surface area contributed by atoms with E-state index in [0.717, 1.165) is 18.0 Å². The van der Waals surface area contributed by atoms with Crippen LogP contribution in [0.15, 0.2) is 23.1 Å². The normalized spacial score (nSPS) is 23.2. The van der Waals surface area contributed by atoms with Gasteiger partial charge in [0.15, 0.2) is 0 Å². The van der Waals surface area contributed by atoms with Crippen LogP contribution in [0, 0.1) is 11.7 Å². The third kappa shape index (κ3) is 4.78. The maximum Gasteiger partial charge on any atom is 0.123 e. The Hall–Kier alpha value is -0.540. The molecule has 1 nitrogen and oxygen atoms in total. The number of nitrogens with one attached hydrogen (secondary N) is 1. The maximum absolute atomic E-state index is 13.5. The van der Waals surface area contributed by atoms with Crippen LogP contribution < -0.4 is 5.32 Å². The Morgan fingerprint density at radius 1 is 1.35 bits per heavy atom. The lowest BCUT2D eigenvalue weighted by atomic mass is 9.91. The summed E-state index contributed by atoms with van der Waals surface area (Å²) in [5.74, 6) is 0.700. The van der Waals surface area contributed by atoms with Gasteiger partial charge in [0.25, 0.3) is 0 Å². The number of hydrogen-bond acceptors (Lipinski definition) is 2. The first-order valence-electron chi connectivity index (χ1n) is 7.73. The van der Waals surface area contributed by atoms with Crippen molar-refractivity contribution >= 4 is 11.8 Å². The van der Waals surface area contributed by atoms with Gasteiger partial charge < -0.3 is 5.32 Å². The second-order valence-electron chi connectivity index (χ2n) is 6.30. The van der Waals surface area contributed by atoms with Crippen molar-refractivity contribution in [3.63, 3.8) is 0 Å². The van der Waals surface area contributed by atoms with Crippen LogP contribution >= 0.6 is 11.8 Å². The zero-order valence-electron chi connectivity index (χ0n) is 12.8. The fraction of sp³-hybridized carbons (Fsp3) is 0.647. The van der Waals surface area contributed by atoms with Crippen LogP contribution in [0.5, 0.6) is 0 Å². The largest absolute Gasteiger partial charge is 0.310 e. The van der Waals surface area contributed by atoms with Crippen molar-refractivity contribution < 1.29 is 4.39 Å². The minimum Gasteiger partial charge on any atom is -0.310 e. The quantitative estimate of drug-likeness (QED) is 0.821. The van der Waals surface area contributed by atoms with Gasteiger partial charge in [0.05, 0.1) is 0 Å². The fourth-order valence-electron chi connectivity index (χ4n) is 2.78. The van der Waals surface area contributed by atoms with Gasteiger partial charge in [-0.3, -0.25) is 0 Å². The highest BCUT2D eigenvalue weighted by Gasteiger charge is 2.20. The van der Waals surface area contributed by atoms with Crippen molar-refractivity contribution in [2.45, 2.75) is 69.2 Å². The van der Waals surface area contributed by atoms with Crippen LogP contribution in [-0.2, 0) is 6.54 Å². The molecule has 2 rings (SSSR count). The molecule has 1 aromatic carbocycles. The fourth-order valence-corrected chi connectivity index (χ4v) is 4.28. The molecule has 3 heteroatoms. The SMILES string of the molecule is CC1CCCC(Sc2ccc(F)cc2CNC(C)C)C1. The van der Waals surface area contributed by atoms with Crippen LogP contribution in [0.2, 0.25) is 0 Å². The van der Waals surface area contributed by atoms with E-state index in [1.165, 1.54) is 30.6 Å². The topological polar surface area (TPSA) is 12.0 Å². The average molecular weight is 295 g/mol. The molecule has 2 atom stereocenters. The van der Waals surface area contributed by atoms with E-state index >= 15 is 0 Å². The molecule has 1 aromatic rings. The summed E-state index contributed by atoms with van der Waals surface area (Å²) in [7, 11) is 0. The molecule has 1 aliphatic carbocycles. The summed E-state index contributed by atoms with van der Waals surface area (Å²) in [5.41, 5.74) is 1.10. The predicted octanol–water partition coefficient (Wildman–Crippen LogP) is 4.99. The molecular weight excluding hydrogens is 269 g/mol. The van der Waals surface area contributed by atoms with Crippen molar-refractivity contribution in [1.29, 1.82) is 0 Å². The van der Waals surface area contributed by atoms with E-state index < -0.39 is 0 Å². The summed E-state index contributed by atoms with van der Waals surface area (Å²) in [5, 5.41) is 4.09. The van der Waals surface area contributed by atoms with Crippen molar-refractivity contribution in [2.75, 3.05) is 0 Å². The van der Waals surface area contributed by atoms with E-state index in [4.69, 9.17) is 0 Å². The average Bonchev–Trinajstić information content (AvgIpc) is 2.39. The molecule has 0 saturated heterocycles. The van der Waals surface area contributed by atoms with E-state index in [2.05, 4.69) is 26.1 Å². The van der Waals surface area contributed by atoms with Gasteiger partial charge in [0, 0.05) is 22.7 Å². The van der Waals surface area contributed by atoms with Crippen molar-refractivity contribution in [3.8, 4) is 0 Å². The molecule has 0 aliphatic heterocycles. The van der Waals surface area contributed by atoms with Crippen LogP contribution in [0.3, 0.4) is 0 Å².